The lowest BCUT2D eigenvalue weighted by Crippen LogP contribution is -2.50. The van der Waals surface area contributed by atoms with Gasteiger partial charge in [-0.25, -0.2) is 12.9 Å². The van der Waals surface area contributed by atoms with E-state index in [1.54, 1.807) is 10.6 Å². The smallest absolute Gasteiger partial charge is 0.239 e. The number of aliphatic hydroxyl groups excluding tert-OH is 1. The van der Waals surface area contributed by atoms with Crippen LogP contribution in [0.2, 0.25) is 0 Å². The summed E-state index contributed by atoms with van der Waals surface area (Å²) < 4.78 is 26.3. The van der Waals surface area contributed by atoms with E-state index in [0.29, 0.717) is 0 Å². The topological polar surface area (TPSA) is 102 Å². The average Bonchev–Trinajstić information content (AvgIpc) is 2.93. The number of nitrogens with zero attached hydrogens (tertiary/aromatic N) is 2. The van der Waals surface area contributed by atoms with Gasteiger partial charge < -0.3 is 15.7 Å². The van der Waals surface area contributed by atoms with Crippen LogP contribution in [-0.4, -0.2) is 88.1 Å². The van der Waals surface area contributed by atoms with Crippen molar-refractivity contribution >= 4 is 33.6 Å². The van der Waals surface area contributed by atoms with Gasteiger partial charge in [-0.05, 0) is 36.1 Å². The summed E-state index contributed by atoms with van der Waals surface area (Å²) >= 11 is 0. The second kappa shape index (κ2) is 15.8. The van der Waals surface area contributed by atoms with Crippen LogP contribution < -0.4 is 10.6 Å². The van der Waals surface area contributed by atoms with E-state index in [1.807, 2.05) is 19.9 Å². The normalized spacial score (nSPS) is 16.9. The Morgan fingerprint density at radius 1 is 1.11 bits per heavy atom. The molecule has 0 radical (unpaired) electrons. The largest absolute Gasteiger partial charge is 0.389 e. The molecule has 0 bridgehead atoms. The zero-order valence-electron chi connectivity index (χ0n) is 22.3. The van der Waals surface area contributed by atoms with Gasteiger partial charge in [0.05, 0.1) is 30.2 Å². The van der Waals surface area contributed by atoms with Crippen LogP contribution in [0.15, 0.2) is 42.5 Å². The standard InChI is InChI=1S/C25H35FN4O4S.C2H6/c1-18(22-9-5-7-19-6-3-4-8-23(19)22)29-12-10-20(11-13-29)30(35(2)34)17-25(33)28-16-24(32)27-15-21(31)14-26;1-2/h3-9,18,20-21,31H,10-17H2,1-2H3,(H,27,32)(H,28,33);1-2H3. The number of carbonyl (C=O) groups excluding carboxylic acids is 2. The maximum absolute atomic E-state index is 12.4. The Morgan fingerprint density at radius 3 is 2.41 bits per heavy atom. The van der Waals surface area contributed by atoms with E-state index >= 15 is 0 Å². The third-order valence-electron chi connectivity index (χ3n) is 6.52. The molecule has 0 aromatic heterocycles. The van der Waals surface area contributed by atoms with Gasteiger partial charge in [-0.1, -0.05) is 56.3 Å². The lowest BCUT2D eigenvalue weighted by Gasteiger charge is -2.39. The van der Waals surface area contributed by atoms with Crippen LogP contribution in [-0.2, 0) is 20.6 Å². The second-order valence-corrected chi connectivity index (χ2v) is 10.2. The summed E-state index contributed by atoms with van der Waals surface area (Å²) in [6.45, 7) is 6.32. The molecule has 1 aliphatic rings. The number of hydrogen-bond acceptors (Lipinski definition) is 5. The molecule has 10 heteroatoms. The Kier molecular flexibility index (Phi) is 13.1. The monoisotopic (exact) mass is 536 g/mol. The van der Waals surface area contributed by atoms with Crippen molar-refractivity contribution < 1.29 is 23.3 Å². The predicted octanol–water partition coefficient (Wildman–Crippen LogP) is 2.55. The summed E-state index contributed by atoms with van der Waals surface area (Å²) in [6, 6.07) is 15.0. The van der Waals surface area contributed by atoms with Crippen molar-refractivity contribution in [3.05, 3.63) is 48.0 Å². The maximum Gasteiger partial charge on any atom is 0.239 e. The molecule has 0 saturated carbocycles. The summed E-state index contributed by atoms with van der Waals surface area (Å²) in [4.78, 5) is 26.6. The number of amides is 2. The minimum atomic E-state index is -1.34. The number of likely N-dealkylation sites (tertiary alicyclic amines) is 1. The maximum atomic E-state index is 12.4. The van der Waals surface area contributed by atoms with Crippen molar-refractivity contribution in [2.24, 2.45) is 0 Å². The van der Waals surface area contributed by atoms with Gasteiger partial charge in [0.15, 0.2) is 0 Å². The fourth-order valence-electron chi connectivity index (χ4n) is 4.53. The molecule has 2 aromatic carbocycles. The molecule has 3 atom stereocenters. The van der Waals surface area contributed by atoms with Gasteiger partial charge in [-0.15, -0.1) is 0 Å². The van der Waals surface area contributed by atoms with Crippen LogP contribution in [0.4, 0.5) is 4.39 Å². The van der Waals surface area contributed by atoms with Crippen molar-refractivity contribution in [1.82, 2.24) is 19.8 Å². The van der Waals surface area contributed by atoms with Crippen LogP contribution in [0.1, 0.15) is 45.2 Å². The number of hydrogen-bond donors (Lipinski definition) is 3. The zero-order valence-corrected chi connectivity index (χ0v) is 23.1. The zero-order chi connectivity index (χ0) is 27.4. The Bertz CT molecular complexity index is 1030. The van der Waals surface area contributed by atoms with Gasteiger partial charge in [0.1, 0.15) is 6.67 Å². The highest BCUT2D eigenvalue weighted by Crippen LogP contribution is 2.31. The molecule has 3 unspecified atom stereocenters. The molecule has 1 heterocycles. The van der Waals surface area contributed by atoms with Crippen molar-refractivity contribution in [3.63, 3.8) is 0 Å². The molecular weight excluding hydrogens is 495 g/mol. The molecule has 1 fully saturated rings. The Hall–Kier alpha value is -2.40. The van der Waals surface area contributed by atoms with E-state index in [1.165, 1.54) is 16.3 Å². The molecule has 8 nitrogen and oxygen atoms in total. The van der Waals surface area contributed by atoms with E-state index in [2.05, 4.69) is 58.9 Å². The molecule has 206 valence electrons. The molecule has 1 saturated heterocycles. The molecular formula is C27H41FN4O4S. The molecule has 0 spiro atoms. The first kappa shape index (κ1) is 30.8. The second-order valence-electron chi connectivity index (χ2n) is 8.90. The van der Waals surface area contributed by atoms with Crippen molar-refractivity contribution in [2.45, 2.75) is 51.8 Å². The van der Waals surface area contributed by atoms with Crippen LogP contribution in [0, 0.1) is 0 Å². The van der Waals surface area contributed by atoms with Gasteiger partial charge >= 0.3 is 0 Å². The molecule has 37 heavy (non-hydrogen) atoms. The highest BCUT2D eigenvalue weighted by atomic mass is 32.2. The molecule has 3 N–H and O–H groups in total. The summed E-state index contributed by atoms with van der Waals surface area (Å²) in [5, 5.41) is 16.5. The van der Waals surface area contributed by atoms with Crippen molar-refractivity contribution in [1.29, 1.82) is 0 Å². The molecule has 2 amide bonds. The van der Waals surface area contributed by atoms with Gasteiger partial charge in [0.25, 0.3) is 0 Å². The number of alkyl halides is 1. The van der Waals surface area contributed by atoms with E-state index in [9.17, 15) is 18.2 Å². The van der Waals surface area contributed by atoms with Gasteiger partial charge in [-0.3, -0.25) is 14.5 Å². The van der Waals surface area contributed by atoms with Gasteiger partial charge in [0.2, 0.25) is 11.8 Å². The third-order valence-corrected chi connectivity index (χ3v) is 7.60. The summed E-state index contributed by atoms with van der Waals surface area (Å²) in [5.41, 5.74) is 1.29. The predicted molar refractivity (Wildman–Crippen MR) is 147 cm³/mol. The Balaban J connectivity index is 0.00000235. The molecule has 2 aromatic rings. The van der Waals surface area contributed by atoms with Gasteiger partial charge in [0, 0.05) is 38.0 Å². The highest BCUT2D eigenvalue weighted by molar-refractivity contribution is 7.81. The van der Waals surface area contributed by atoms with Crippen molar-refractivity contribution in [2.75, 3.05) is 45.7 Å². The lowest BCUT2D eigenvalue weighted by molar-refractivity contribution is -0.126. The Morgan fingerprint density at radius 2 is 1.76 bits per heavy atom. The third kappa shape index (κ3) is 9.14. The van der Waals surface area contributed by atoms with E-state index < -0.39 is 35.6 Å². The minimum absolute atomic E-state index is 0.00363. The quantitative estimate of drug-likeness (QED) is 0.410. The number of benzene rings is 2. The molecule has 1 aliphatic heterocycles. The number of fused-ring (bicyclic) bond motifs is 1. The highest BCUT2D eigenvalue weighted by Gasteiger charge is 2.30. The fourth-order valence-corrected chi connectivity index (χ4v) is 5.46. The van der Waals surface area contributed by atoms with E-state index in [-0.39, 0.29) is 31.7 Å². The first-order valence-electron chi connectivity index (χ1n) is 12.9. The number of piperidine rings is 1. The first-order valence-corrected chi connectivity index (χ1v) is 14.4. The van der Waals surface area contributed by atoms with Crippen LogP contribution >= 0.6 is 0 Å². The SMILES string of the molecule is CC.CC(c1cccc2ccccc12)N1CCC(N(CC(=O)NCC(=O)NCC(O)CF)S(C)=O)CC1. The Labute approximate surface area is 222 Å². The fraction of sp³-hybridized carbons (Fsp3) is 0.556. The lowest BCUT2D eigenvalue weighted by atomic mass is 9.96. The summed E-state index contributed by atoms with van der Waals surface area (Å²) in [6.07, 6.45) is 1.86. The molecule has 3 rings (SSSR count). The number of halogens is 1. The van der Waals surface area contributed by atoms with Crippen molar-refractivity contribution in [3.8, 4) is 0 Å². The number of aliphatic hydroxyl groups is 1. The van der Waals surface area contributed by atoms with Crippen LogP contribution in [0.3, 0.4) is 0 Å². The minimum Gasteiger partial charge on any atom is -0.389 e. The number of carbonyl (C=O) groups is 2. The van der Waals surface area contributed by atoms with E-state index in [4.69, 9.17) is 5.11 Å². The first-order chi connectivity index (χ1) is 17.8. The van der Waals surface area contributed by atoms with Crippen LogP contribution in [0.25, 0.3) is 10.8 Å². The number of nitrogens with one attached hydrogen (secondary N) is 2. The summed E-state index contributed by atoms with van der Waals surface area (Å²) in [5.74, 6) is -0.932. The number of rotatable bonds is 11. The van der Waals surface area contributed by atoms with E-state index in [0.717, 1.165) is 25.9 Å². The summed E-state index contributed by atoms with van der Waals surface area (Å²) in [7, 11) is -1.34. The average molecular weight is 537 g/mol. The van der Waals surface area contributed by atoms with Gasteiger partial charge in [-0.2, -0.15) is 0 Å². The van der Waals surface area contributed by atoms with Crippen LogP contribution in [0.5, 0.6) is 0 Å². The molecule has 0 aliphatic carbocycles.